The third-order valence-corrected chi connectivity index (χ3v) is 3.95. The minimum Gasteiger partial charge on any atom is -0.409 e. The second-order valence-electron chi connectivity index (χ2n) is 5.16. The Morgan fingerprint density at radius 2 is 2.33 bits per heavy atom. The summed E-state index contributed by atoms with van der Waals surface area (Å²) in [7, 11) is 0. The molecule has 4 N–H and O–H groups in total. The molecule has 1 heterocycles. The third kappa shape index (κ3) is 2.75. The monoisotopic (exact) mass is 294 g/mol. The van der Waals surface area contributed by atoms with Crippen LogP contribution in [0.25, 0.3) is 0 Å². The van der Waals surface area contributed by atoms with Crippen LogP contribution in [0.5, 0.6) is 0 Å². The van der Waals surface area contributed by atoms with Crippen molar-refractivity contribution in [1.29, 1.82) is 0 Å². The molecule has 2 unspecified atom stereocenters. The van der Waals surface area contributed by atoms with Crippen molar-refractivity contribution in [2.75, 3.05) is 18.1 Å². The number of nitrogens with two attached hydrogens (primary N) is 1. The zero-order valence-electron chi connectivity index (χ0n) is 11.6. The summed E-state index contributed by atoms with van der Waals surface area (Å²) in [5.74, 6) is 0.0801. The Bertz CT molecular complexity index is 575. The van der Waals surface area contributed by atoms with Gasteiger partial charge in [-0.3, -0.25) is 10.1 Å². The number of aliphatic hydroxyl groups excluding tert-OH is 1. The molecule has 1 saturated heterocycles. The Morgan fingerprint density at radius 1 is 1.62 bits per heavy atom. The molecular formula is C13H18N4O4. The van der Waals surface area contributed by atoms with Crippen LogP contribution < -0.4 is 10.6 Å². The standard InChI is InChI=1S/C13H18N4O4/c1-8-4-5-16(12(8)7-18)10-3-2-9(13(14)15-19)6-11(10)17(20)21/h2-3,6,8,12,18-19H,4-5,7H2,1H3,(H2,14,15). The first-order chi connectivity index (χ1) is 9.99. The van der Waals surface area contributed by atoms with Crippen molar-refractivity contribution in [1.82, 2.24) is 0 Å². The zero-order valence-corrected chi connectivity index (χ0v) is 11.6. The van der Waals surface area contributed by atoms with Gasteiger partial charge < -0.3 is 20.9 Å². The summed E-state index contributed by atoms with van der Waals surface area (Å²) in [6.45, 7) is 2.61. The van der Waals surface area contributed by atoms with E-state index in [4.69, 9.17) is 10.9 Å². The van der Waals surface area contributed by atoms with Crippen LogP contribution in [0.15, 0.2) is 23.4 Å². The summed E-state index contributed by atoms with van der Waals surface area (Å²) in [6, 6.07) is 4.28. The second kappa shape index (κ2) is 5.96. The van der Waals surface area contributed by atoms with Crippen LogP contribution >= 0.6 is 0 Å². The lowest BCUT2D eigenvalue weighted by Crippen LogP contribution is -2.35. The molecule has 21 heavy (non-hydrogen) atoms. The van der Waals surface area contributed by atoms with Crippen molar-refractivity contribution >= 4 is 17.2 Å². The molecule has 114 valence electrons. The summed E-state index contributed by atoms with van der Waals surface area (Å²) < 4.78 is 0. The highest BCUT2D eigenvalue weighted by Crippen LogP contribution is 2.36. The number of nitro groups is 1. The fraction of sp³-hybridized carbons (Fsp3) is 0.462. The van der Waals surface area contributed by atoms with Crippen LogP contribution in [-0.4, -0.2) is 40.3 Å². The fourth-order valence-corrected chi connectivity index (χ4v) is 2.72. The van der Waals surface area contributed by atoms with E-state index in [2.05, 4.69) is 5.16 Å². The van der Waals surface area contributed by atoms with E-state index >= 15 is 0 Å². The molecule has 1 aromatic rings. The zero-order chi connectivity index (χ0) is 15.6. The Morgan fingerprint density at radius 3 is 2.90 bits per heavy atom. The third-order valence-electron chi connectivity index (χ3n) is 3.95. The lowest BCUT2D eigenvalue weighted by Gasteiger charge is -2.27. The van der Waals surface area contributed by atoms with Crippen LogP contribution in [0.4, 0.5) is 11.4 Å². The maximum atomic E-state index is 11.3. The number of hydrogen-bond donors (Lipinski definition) is 3. The van der Waals surface area contributed by atoms with Crippen molar-refractivity contribution in [3.8, 4) is 0 Å². The lowest BCUT2D eigenvalue weighted by molar-refractivity contribution is -0.384. The van der Waals surface area contributed by atoms with E-state index < -0.39 is 4.92 Å². The fourth-order valence-electron chi connectivity index (χ4n) is 2.72. The molecule has 1 aromatic carbocycles. The van der Waals surface area contributed by atoms with Gasteiger partial charge in [-0.2, -0.15) is 0 Å². The highest BCUT2D eigenvalue weighted by atomic mass is 16.6. The van der Waals surface area contributed by atoms with E-state index in [0.29, 0.717) is 12.2 Å². The maximum absolute atomic E-state index is 11.3. The molecule has 8 heteroatoms. The van der Waals surface area contributed by atoms with Gasteiger partial charge in [-0.15, -0.1) is 0 Å². The first kappa shape index (κ1) is 15.0. The van der Waals surface area contributed by atoms with Gasteiger partial charge >= 0.3 is 0 Å². The summed E-state index contributed by atoms with van der Waals surface area (Å²) in [5, 5.41) is 32.3. The molecule has 0 radical (unpaired) electrons. The Kier molecular flexibility index (Phi) is 4.27. The topological polar surface area (TPSA) is 125 Å². The van der Waals surface area contributed by atoms with Gasteiger partial charge in [-0.25, -0.2) is 0 Å². The van der Waals surface area contributed by atoms with Crippen molar-refractivity contribution in [3.05, 3.63) is 33.9 Å². The maximum Gasteiger partial charge on any atom is 0.293 e. The Balaban J connectivity index is 2.46. The predicted molar refractivity (Wildman–Crippen MR) is 77.6 cm³/mol. The van der Waals surface area contributed by atoms with Crippen LogP contribution in [0, 0.1) is 16.0 Å². The SMILES string of the molecule is CC1CCN(c2ccc(/C(N)=N/O)cc2[N+](=O)[O-])C1CO. The van der Waals surface area contributed by atoms with Crippen LogP contribution in [0.1, 0.15) is 18.9 Å². The number of nitro benzene ring substituents is 1. The van der Waals surface area contributed by atoms with E-state index in [9.17, 15) is 15.2 Å². The number of benzene rings is 1. The molecular weight excluding hydrogens is 276 g/mol. The van der Waals surface area contributed by atoms with E-state index in [-0.39, 0.29) is 35.7 Å². The second-order valence-corrected chi connectivity index (χ2v) is 5.16. The van der Waals surface area contributed by atoms with E-state index in [1.54, 1.807) is 12.1 Å². The molecule has 0 aliphatic carbocycles. The molecule has 2 rings (SSSR count). The molecule has 1 aliphatic rings. The molecule has 1 aliphatic heterocycles. The average molecular weight is 294 g/mol. The number of rotatable bonds is 4. The molecule has 0 amide bonds. The first-order valence-corrected chi connectivity index (χ1v) is 6.63. The minimum absolute atomic E-state index is 0.0552. The van der Waals surface area contributed by atoms with Gasteiger partial charge in [0.25, 0.3) is 5.69 Å². The largest absolute Gasteiger partial charge is 0.409 e. The van der Waals surface area contributed by atoms with E-state index in [1.807, 2.05) is 11.8 Å². The number of amidine groups is 1. The van der Waals surface area contributed by atoms with Crippen molar-refractivity contribution in [2.24, 2.45) is 16.8 Å². The Labute approximate surface area is 121 Å². The smallest absolute Gasteiger partial charge is 0.293 e. The summed E-state index contributed by atoms with van der Waals surface area (Å²) in [5.41, 5.74) is 6.07. The molecule has 1 fully saturated rings. The summed E-state index contributed by atoms with van der Waals surface area (Å²) >= 11 is 0. The molecule has 0 saturated carbocycles. The van der Waals surface area contributed by atoms with Crippen LogP contribution in [0.2, 0.25) is 0 Å². The van der Waals surface area contributed by atoms with Gasteiger partial charge in [0.15, 0.2) is 5.84 Å². The number of nitrogens with zero attached hydrogens (tertiary/aromatic N) is 3. The number of oxime groups is 1. The van der Waals surface area contributed by atoms with Crippen LogP contribution in [-0.2, 0) is 0 Å². The average Bonchev–Trinajstić information content (AvgIpc) is 2.86. The first-order valence-electron chi connectivity index (χ1n) is 6.63. The molecule has 8 nitrogen and oxygen atoms in total. The van der Waals surface area contributed by atoms with Gasteiger partial charge in [0.05, 0.1) is 17.6 Å². The Hall–Kier alpha value is -2.35. The number of aliphatic hydroxyl groups is 1. The molecule has 0 spiro atoms. The lowest BCUT2D eigenvalue weighted by atomic mass is 10.0. The molecule has 2 atom stereocenters. The predicted octanol–water partition coefficient (Wildman–Crippen LogP) is 0.896. The highest BCUT2D eigenvalue weighted by Gasteiger charge is 2.34. The van der Waals surface area contributed by atoms with E-state index in [0.717, 1.165) is 6.42 Å². The van der Waals surface area contributed by atoms with Gasteiger partial charge in [0.1, 0.15) is 5.69 Å². The van der Waals surface area contributed by atoms with E-state index in [1.165, 1.54) is 6.07 Å². The normalized spacial score (nSPS) is 22.6. The summed E-state index contributed by atoms with van der Waals surface area (Å²) in [6.07, 6.45) is 0.865. The number of hydrogen-bond acceptors (Lipinski definition) is 6. The van der Waals surface area contributed by atoms with Gasteiger partial charge in [-0.05, 0) is 24.5 Å². The van der Waals surface area contributed by atoms with Crippen molar-refractivity contribution in [3.63, 3.8) is 0 Å². The van der Waals surface area contributed by atoms with Crippen molar-refractivity contribution in [2.45, 2.75) is 19.4 Å². The van der Waals surface area contributed by atoms with Crippen LogP contribution in [0.3, 0.4) is 0 Å². The van der Waals surface area contributed by atoms with Crippen molar-refractivity contribution < 1.29 is 15.2 Å². The molecule has 0 bridgehead atoms. The number of anilines is 1. The minimum atomic E-state index is -0.499. The van der Waals surface area contributed by atoms with Gasteiger partial charge in [0.2, 0.25) is 0 Å². The highest BCUT2D eigenvalue weighted by molar-refractivity contribution is 5.98. The molecule has 0 aromatic heterocycles. The quantitative estimate of drug-likeness (QED) is 0.249. The van der Waals surface area contributed by atoms with Gasteiger partial charge in [-0.1, -0.05) is 12.1 Å². The van der Waals surface area contributed by atoms with Gasteiger partial charge in [0, 0.05) is 18.2 Å². The summed E-state index contributed by atoms with van der Waals surface area (Å²) in [4.78, 5) is 12.6.